The fourth-order valence-corrected chi connectivity index (χ4v) is 3.06. The van der Waals surface area contributed by atoms with Gasteiger partial charge in [0.1, 0.15) is 10.9 Å². The average Bonchev–Trinajstić information content (AvgIpc) is 2.72. The Morgan fingerprint density at radius 1 is 1.53 bits per heavy atom. The van der Waals surface area contributed by atoms with E-state index in [0.717, 1.165) is 22.3 Å². The summed E-state index contributed by atoms with van der Waals surface area (Å²) in [6.45, 7) is 3.48. The lowest BCUT2D eigenvalue weighted by Gasteiger charge is -2.09. The largest absolute Gasteiger partial charge is 0.368 e. The maximum atomic E-state index is 12.3. The van der Waals surface area contributed by atoms with Gasteiger partial charge in [-0.05, 0) is 19.4 Å². The highest BCUT2D eigenvalue weighted by atomic mass is 32.1. The van der Waals surface area contributed by atoms with Gasteiger partial charge in [-0.25, -0.2) is 9.36 Å². The van der Waals surface area contributed by atoms with Crippen molar-refractivity contribution in [2.24, 2.45) is 5.73 Å². The molecule has 0 saturated heterocycles. The molecule has 1 amide bonds. The Labute approximate surface area is 112 Å². The van der Waals surface area contributed by atoms with E-state index in [9.17, 15) is 14.4 Å². The van der Waals surface area contributed by atoms with Crippen LogP contribution in [0.2, 0.25) is 0 Å². The summed E-state index contributed by atoms with van der Waals surface area (Å²) in [6, 6.07) is 0.807. The second-order valence-electron chi connectivity index (χ2n) is 4.39. The van der Waals surface area contributed by atoms with E-state index in [1.807, 2.05) is 6.92 Å². The number of primary amides is 1. The average molecular weight is 281 g/mol. The van der Waals surface area contributed by atoms with Gasteiger partial charge in [-0.1, -0.05) is 13.3 Å². The molecule has 0 spiro atoms. The van der Waals surface area contributed by atoms with E-state index in [1.165, 1.54) is 18.3 Å². The molecule has 0 saturated carbocycles. The summed E-state index contributed by atoms with van der Waals surface area (Å²) in [6.07, 6.45) is 1.81. The van der Waals surface area contributed by atoms with Crippen molar-refractivity contribution in [1.29, 1.82) is 0 Å². The van der Waals surface area contributed by atoms with Crippen molar-refractivity contribution in [3.8, 4) is 0 Å². The highest BCUT2D eigenvalue weighted by molar-refractivity contribution is 7.18. The number of nitrogens with two attached hydrogens (primary N) is 1. The number of hydrogen-bond acceptors (Lipinski definition) is 4. The number of thiophene rings is 1. The van der Waals surface area contributed by atoms with Crippen LogP contribution in [0.1, 0.15) is 31.2 Å². The van der Waals surface area contributed by atoms with E-state index in [-0.39, 0.29) is 0 Å². The summed E-state index contributed by atoms with van der Waals surface area (Å²) in [5.74, 6) is -0.712. The lowest BCUT2D eigenvalue weighted by atomic mass is 10.2. The van der Waals surface area contributed by atoms with Gasteiger partial charge in [0.2, 0.25) is 5.91 Å². The van der Waals surface area contributed by atoms with Gasteiger partial charge in [0.15, 0.2) is 0 Å². The van der Waals surface area contributed by atoms with Crippen molar-refractivity contribution < 1.29 is 4.79 Å². The molecular weight excluding hydrogens is 266 g/mol. The molecule has 2 rings (SSSR count). The fraction of sp³-hybridized carbons (Fsp3) is 0.417. The van der Waals surface area contributed by atoms with Crippen molar-refractivity contribution in [1.82, 2.24) is 9.55 Å². The molecule has 2 aromatic heterocycles. The predicted octanol–water partition coefficient (Wildman–Crippen LogP) is 0.750. The van der Waals surface area contributed by atoms with E-state index in [4.69, 9.17) is 5.73 Å². The van der Waals surface area contributed by atoms with Crippen molar-refractivity contribution in [3.05, 3.63) is 31.8 Å². The number of aromatic nitrogens is 2. The predicted molar refractivity (Wildman–Crippen MR) is 74.6 cm³/mol. The van der Waals surface area contributed by atoms with Gasteiger partial charge in [0.05, 0.1) is 5.39 Å². The molecule has 6 nitrogen and oxygen atoms in total. The number of H-pyrrole nitrogens is 1. The molecule has 0 radical (unpaired) electrons. The minimum atomic E-state index is -0.963. The first kappa shape index (κ1) is 13.5. The monoisotopic (exact) mass is 281 g/mol. The fourth-order valence-electron chi connectivity index (χ4n) is 1.92. The number of nitrogens with zero attached hydrogens (tertiary/aromatic N) is 1. The number of fused-ring (bicyclic) bond motifs is 1. The zero-order valence-electron chi connectivity index (χ0n) is 10.7. The van der Waals surface area contributed by atoms with Gasteiger partial charge >= 0.3 is 5.69 Å². The Morgan fingerprint density at radius 3 is 2.79 bits per heavy atom. The standard InChI is InChI=1S/C12H15N3O3S/c1-3-4-7-5-8-10(19-7)14-12(18)15(11(8)17)6(2)9(13)16/h5-6H,3-4H2,1-2H3,(H2,13,16)(H,14,18). The number of carbonyl (C=O) groups excluding carboxylic acids is 1. The van der Waals surface area contributed by atoms with Gasteiger partial charge in [-0.2, -0.15) is 0 Å². The van der Waals surface area contributed by atoms with Crippen LogP contribution in [-0.2, 0) is 11.2 Å². The van der Waals surface area contributed by atoms with Crippen LogP contribution in [0.3, 0.4) is 0 Å². The molecule has 3 N–H and O–H groups in total. The molecule has 1 atom stereocenters. The van der Waals surface area contributed by atoms with E-state index >= 15 is 0 Å². The van der Waals surface area contributed by atoms with Gasteiger partial charge < -0.3 is 5.73 Å². The number of nitrogens with one attached hydrogen (secondary N) is 1. The third-order valence-electron chi connectivity index (χ3n) is 2.97. The molecule has 0 aliphatic heterocycles. The molecule has 0 aromatic carbocycles. The number of aryl methyl sites for hydroxylation is 1. The molecule has 0 bridgehead atoms. The Balaban J connectivity index is 2.71. The summed E-state index contributed by atoms with van der Waals surface area (Å²) < 4.78 is 0.868. The van der Waals surface area contributed by atoms with E-state index in [1.54, 1.807) is 6.07 Å². The van der Waals surface area contributed by atoms with E-state index < -0.39 is 23.2 Å². The van der Waals surface area contributed by atoms with Crippen molar-refractivity contribution in [2.45, 2.75) is 32.7 Å². The van der Waals surface area contributed by atoms with E-state index in [0.29, 0.717) is 10.2 Å². The Kier molecular flexibility index (Phi) is 3.57. The normalized spacial score (nSPS) is 12.7. The highest BCUT2D eigenvalue weighted by Gasteiger charge is 2.18. The number of aromatic amines is 1. The van der Waals surface area contributed by atoms with E-state index in [2.05, 4.69) is 4.98 Å². The van der Waals surface area contributed by atoms with Crippen LogP contribution in [0, 0.1) is 0 Å². The summed E-state index contributed by atoms with van der Waals surface area (Å²) >= 11 is 1.39. The lowest BCUT2D eigenvalue weighted by Crippen LogP contribution is -2.41. The van der Waals surface area contributed by atoms with Gasteiger partial charge in [0, 0.05) is 4.88 Å². The first-order valence-corrected chi connectivity index (χ1v) is 6.84. The molecule has 1 unspecified atom stereocenters. The zero-order chi connectivity index (χ0) is 14.2. The maximum Gasteiger partial charge on any atom is 0.330 e. The first-order valence-electron chi connectivity index (χ1n) is 6.02. The van der Waals surface area contributed by atoms with Crippen molar-refractivity contribution in [2.75, 3.05) is 0 Å². The third kappa shape index (κ3) is 2.33. The highest BCUT2D eigenvalue weighted by Crippen LogP contribution is 2.21. The quantitative estimate of drug-likeness (QED) is 0.865. The van der Waals surface area contributed by atoms with Crippen molar-refractivity contribution >= 4 is 27.5 Å². The molecule has 0 aliphatic rings. The summed E-state index contributed by atoms with van der Waals surface area (Å²) in [5, 5.41) is 0.432. The molecule has 0 fully saturated rings. The maximum absolute atomic E-state index is 12.3. The van der Waals surface area contributed by atoms with Crippen LogP contribution in [0.15, 0.2) is 15.7 Å². The minimum absolute atomic E-state index is 0.432. The summed E-state index contributed by atoms with van der Waals surface area (Å²) in [7, 11) is 0. The van der Waals surface area contributed by atoms with Crippen LogP contribution in [0.25, 0.3) is 10.2 Å². The molecule has 0 aliphatic carbocycles. The Morgan fingerprint density at radius 2 is 2.21 bits per heavy atom. The number of hydrogen-bond donors (Lipinski definition) is 2. The number of carbonyl (C=O) groups is 1. The van der Waals surface area contributed by atoms with Gasteiger partial charge in [-0.15, -0.1) is 11.3 Å². The van der Waals surface area contributed by atoms with Crippen LogP contribution < -0.4 is 17.0 Å². The van der Waals surface area contributed by atoms with Crippen LogP contribution in [0.5, 0.6) is 0 Å². The molecule has 7 heteroatoms. The molecule has 2 aromatic rings. The van der Waals surface area contributed by atoms with Gasteiger partial charge in [0.25, 0.3) is 5.56 Å². The first-order chi connectivity index (χ1) is 8.95. The number of amides is 1. The molecule has 19 heavy (non-hydrogen) atoms. The second kappa shape index (κ2) is 5.00. The Bertz CT molecular complexity index is 741. The summed E-state index contributed by atoms with van der Waals surface area (Å²) in [5.41, 5.74) is 4.08. The van der Waals surface area contributed by atoms with Crippen LogP contribution in [0.4, 0.5) is 0 Å². The van der Waals surface area contributed by atoms with Crippen LogP contribution >= 0.6 is 11.3 Å². The van der Waals surface area contributed by atoms with Gasteiger partial charge in [-0.3, -0.25) is 14.6 Å². The lowest BCUT2D eigenvalue weighted by molar-refractivity contribution is -0.120. The smallest absolute Gasteiger partial charge is 0.330 e. The van der Waals surface area contributed by atoms with Crippen molar-refractivity contribution in [3.63, 3.8) is 0 Å². The third-order valence-corrected chi connectivity index (χ3v) is 4.08. The molecule has 2 heterocycles. The molecular formula is C12H15N3O3S. The summed E-state index contributed by atoms with van der Waals surface area (Å²) in [4.78, 5) is 39.5. The Hall–Kier alpha value is -1.89. The number of rotatable bonds is 4. The zero-order valence-corrected chi connectivity index (χ0v) is 11.5. The molecule has 102 valence electrons. The second-order valence-corrected chi connectivity index (χ2v) is 5.53. The topological polar surface area (TPSA) is 97.9 Å². The SMILES string of the molecule is CCCc1cc2c(=O)n(C(C)C(N)=O)c(=O)[nH]c2s1. The minimum Gasteiger partial charge on any atom is -0.368 e. The van der Waals surface area contributed by atoms with Crippen LogP contribution in [-0.4, -0.2) is 15.5 Å².